The summed E-state index contributed by atoms with van der Waals surface area (Å²) < 4.78 is 0. The van der Waals surface area contributed by atoms with E-state index in [-0.39, 0.29) is 11.6 Å². The van der Waals surface area contributed by atoms with Gasteiger partial charge in [0, 0.05) is 10.6 Å². The molecule has 24 heavy (non-hydrogen) atoms. The topological polar surface area (TPSA) is 70.6 Å². The molecule has 0 heterocycles. The van der Waals surface area contributed by atoms with E-state index in [1.807, 2.05) is 0 Å². The van der Waals surface area contributed by atoms with Crippen molar-refractivity contribution >= 4 is 52.8 Å². The predicted molar refractivity (Wildman–Crippen MR) is 96.0 cm³/mol. The first-order valence-electron chi connectivity index (χ1n) is 6.76. The Morgan fingerprint density at radius 1 is 1.04 bits per heavy atom. The molecule has 0 unspecified atom stereocenters. The lowest BCUT2D eigenvalue weighted by Gasteiger charge is -2.05. The summed E-state index contributed by atoms with van der Waals surface area (Å²) in [4.78, 5) is 23.5. The van der Waals surface area contributed by atoms with E-state index in [1.165, 1.54) is 24.4 Å². The standard InChI is InChI=1S/C16H12Cl3N3O2/c17-12-3-1-2-10(6-12)8-21-22-15(23)9-20-16(24)11-4-5-13(18)14(19)7-11/h1-8H,9H2,(H,20,24)(H,22,23). The molecule has 5 nitrogen and oxygen atoms in total. The fourth-order valence-corrected chi connectivity index (χ4v) is 2.20. The summed E-state index contributed by atoms with van der Waals surface area (Å²) >= 11 is 17.5. The Bertz CT molecular complexity index is 794. The lowest BCUT2D eigenvalue weighted by molar-refractivity contribution is -0.120. The number of carbonyl (C=O) groups excluding carboxylic acids is 2. The SMILES string of the molecule is O=C(CNC(=O)c1ccc(Cl)c(Cl)c1)NN=Cc1cccc(Cl)c1. The molecule has 8 heteroatoms. The minimum atomic E-state index is -0.471. The Kier molecular flexibility index (Phi) is 6.61. The van der Waals surface area contributed by atoms with Gasteiger partial charge in [-0.15, -0.1) is 0 Å². The molecule has 2 aromatic rings. The molecule has 0 aromatic heterocycles. The van der Waals surface area contributed by atoms with Gasteiger partial charge in [0.15, 0.2) is 0 Å². The molecule has 0 aliphatic carbocycles. The van der Waals surface area contributed by atoms with Gasteiger partial charge >= 0.3 is 0 Å². The van der Waals surface area contributed by atoms with Gasteiger partial charge in [0.25, 0.3) is 11.8 Å². The highest BCUT2D eigenvalue weighted by Gasteiger charge is 2.09. The van der Waals surface area contributed by atoms with E-state index in [9.17, 15) is 9.59 Å². The van der Waals surface area contributed by atoms with Gasteiger partial charge in [-0.05, 0) is 35.9 Å². The van der Waals surface area contributed by atoms with Crippen LogP contribution in [0.2, 0.25) is 15.1 Å². The van der Waals surface area contributed by atoms with Crippen LogP contribution in [-0.4, -0.2) is 24.6 Å². The normalized spacial score (nSPS) is 10.6. The second kappa shape index (κ2) is 8.68. The Morgan fingerprint density at radius 2 is 1.83 bits per heavy atom. The molecule has 0 aliphatic heterocycles. The molecule has 0 atom stereocenters. The quantitative estimate of drug-likeness (QED) is 0.611. The maximum absolute atomic E-state index is 11.9. The van der Waals surface area contributed by atoms with E-state index in [4.69, 9.17) is 34.8 Å². The van der Waals surface area contributed by atoms with Gasteiger partial charge in [-0.2, -0.15) is 5.10 Å². The molecular weight excluding hydrogens is 373 g/mol. The third-order valence-electron chi connectivity index (χ3n) is 2.84. The van der Waals surface area contributed by atoms with E-state index in [2.05, 4.69) is 15.8 Å². The second-order valence-corrected chi connectivity index (χ2v) is 5.91. The summed E-state index contributed by atoms with van der Waals surface area (Å²) in [6, 6.07) is 11.4. The first-order chi connectivity index (χ1) is 11.5. The number of hydrazone groups is 1. The van der Waals surface area contributed by atoms with Crippen LogP contribution in [0.4, 0.5) is 0 Å². The summed E-state index contributed by atoms with van der Waals surface area (Å²) in [5.74, 6) is -0.913. The molecule has 2 amide bonds. The van der Waals surface area contributed by atoms with Gasteiger partial charge in [0.1, 0.15) is 0 Å². The van der Waals surface area contributed by atoms with E-state index in [1.54, 1.807) is 24.3 Å². The number of nitrogens with zero attached hydrogens (tertiary/aromatic N) is 1. The Morgan fingerprint density at radius 3 is 2.54 bits per heavy atom. The van der Waals surface area contributed by atoms with Crippen LogP contribution >= 0.6 is 34.8 Å². The largest absolute Gasteiger partial charge is 0.343 e. The van der Waals surface area contributed by atoms with Crippen molar-refractivity contribution in [2.24, 2.45) is 5.10 Å². The molecule has 2 aromatic carbocycles. The molecule has 2 rings (SSSR count). The van der Waals surface area contributed by atoms with Gasteiger partial charge in [-0.3, -0.25) is 9.59 Å². The summed E-state index contributed by atoms with van der Waals surface area (Å²) in [5, 5.41) is 7.42. The van der Waals surface area contributed by atoms with E-state index in [0.29, 0.717) is 15.6 Å². The number of halogens is 3. The van der Waals surface area contributed by atoms with Crippen LogP contribution < -0.4 is 10.7 Å². The van der Waals surface area contributed by atoms with Crippen molar-refractivity contribution in [1.29, 1.82) is 0 Å². The number of rotatable bonds is 5. The van der Waals surface area contributed by atoms with Crippen LogP contribution in [0.1, 0.15) is 15.9 Å². The lowest BCUT2D eigenvalue weighted by atomic mass is 10.2. The van der Waals surface area contributed by atoms with E-state index < -0.39 is 11.8 Å². The smallest absolute Gasteiger partial charge is 0.259 e. The van der Waals surface area contributed by atoms with Crippen molar-refractivity contribution < 1.29 is 9.59 Å². The van der Waals surface area contributed by atoms with Gasteiger partial charge in [-0.1, -0.05) is 46.9 Å². The van der Waals surface area contributed by atoms with Crippen molar-refractivity contribution in [2.75, 3.05) is 6.54 Å². The molecule has 0 fully saturated rings. The summed E-state index contributed by atoms with van der Waals surface area (Å²) in [6.07, 6.45) is 1.45. The molecule has 0 radical (unpaired) electrons. The van der Waals surface area contributed by atoms with Crippen LogP contribution in [0, 0.1) is 0 Å². The molecule has 0 saturated carbocycles. The summed E-state index contributed by atoms with van der Waals surface area (Å²) in [7, 11) is 0. The maximum atomic E-state index is 11.9. The van der Waals surface area contributed by atoms with Crippen molar-refractivity contribution in [3.8, 4) is 0 Å². The number of hydrogen-bond donors (Lipinski definition) is 2. The molecule has 0 bridgehead atoms. The van der Waals surface area contributed by atoms with Crippen molar-refractivity contribution in [3.05, 3.63) is 68.7 Å². The predicted octanol–water partition coefficient (Wildman–Crippen LogP) is 3.53. The molecule has 0 spiro atoms. The zero-order valence-corrected chi connectivity index (χ0v) is 14.5. The van der Waals surface area contributed by atoms with Gasteiger partial charge in [0.2, 0.25) is 0 Å². The summed E-state index contributed by atoms with van der Waals surface area (Å²) in [6.45, 7) is -0.230. The fourth-order valence-electron chi connectivity index (χ4n) is 1.71. The third kappa shape index (κ3) is 5.53. The second-order valence-electron chi connectivity index (χ2n) is 4.66. The molecule has 0 aliphatic rings. The van der Waals surface area contributed by atoms with Crippen LogP contribution in [0.25, 0.3) is 0 Å². The Balaban J connectivity index is 1.82. The van der Waals surface area contributed by atoms with Crippen molar-refractivity contribution in [2.45, 2.75) is 0 Å². The van der Waals surface area contributed by atoms with Crippen molar-refractivity contribution in [3.63, 3.8) is 0 Å². The van der Waals surface area contributed by atoms with Crippen LogP contribution in [-0.2, 0) is 4.79 Å². The van der Waals surface area contributed by atoms with Crippen LogP contribution in [0.5, 0.6) is 0 Å². The number of hydrogen-bond acceptors (Lipinski definition) is 3. The highest BCUT2D eigenvalue weighted by atomic mass is 35.5. The van der Waals surface area contributed by atoms with Crippen molar-refractivity contribution in [1.82, 2.24) is 10.7 Å². The average Bonchev–Trinajstić information content (AvgIpc) is 2.55. The number of carbonyl (C=O) groups is 2. The molecule has 0 saturated heterocycles. The number of amides is 2. The number of nitrogens with one attached hydrogen (secondary N) is 2. The maximum Gasteiger partial charge on any atom is 0.259 e. The fraction of sp³-hybridized carbons (Fsp3) is 0.0625. The summed E-state index contributed by atoms with van der Waals surface area (Å²) in [5.41, 5.74) is 3.35. The highest BCUT2D eigenvalue weighted by molar-refractivity contribution is 6.42. The average molecular weight is 385 g/mol. The molecule has 2 N–H and O–H groups in total. The zero-order valence-electron chi connectivity index (χ0n) is 12.2. The monoisotopic (exact) mass is 383 g/mol. The first-order valence-corrected chi connectivity index (χ1v) is 7.90. The van der Waals surface area contributed by atoms with Gasteiger partial charge in [0.05, 0.1) is 22.8 Å². The first kappa shape index (κ1) is 18.3. The lowest BCUT2D eigenvalue weighted by Crippen LogP contribution is -2.34. The molecular formula is C16H12Cl3N3O2. The Hall–Kier alpha value is -2.08. The van der Waals surface area contributed by atoms with Crippen LogP contribution in [0.3, 0.4) is 0 Å². The minimum absolute atomic E-state index is 0.230. The van der Waals surface area contributed by atoms with Gasteiger partial charge < -0.3 is 5.32 Å². The van der Waals surface area contributed by atoms with E-state index in [0.717, 1.165) is 5.56 Å². The minimum Gasteiger partial charge on any atom is -0.343 e. The Labute approximate surface area is 153 Å². The number of benzene rings is 2. The van der Waals surface area contributed by atoms with Gasteiger partial charge in [-0.25, -0.2) is 5.43 Å². The van der Waals surface area contributed by atoms with E-state index >= 15 is 0 Å². The highest BCUT2D eigenvalue weighted by Crippen LogP contribution is 2.22. The molecule has 124 valence electrons. The van der Waals surface area contributed by atoms with Crippen LogP contribution in [0.15, 0.2) is 47.6 Å². The zero-order chi connectivity index (χ0) is 17.5. The third-order valence-corrected chi connectivity index (χ3v) is 3.82.